The van der Waals surface area contributed by atoms with Crippen molar-refractivity contribution in [2.45, 2.75) is 81.6 Å². The highest BCUT2D eigenvalue weighted by molar-refractivity contribution is 8.00. The third kappa shape index (κ3) is 5.13. The third-order valence-corrected chi connectivity index (χ3v) is 9.23. The standard InChI is InChI=1S/C26H39N3O6S/c1-15(2)36-21-20(22(30)27-19-17-9-16-10-18(19)13-26(32,11-16)12-17)35-28-23(21)34-14-25(3,4)24(31)29-5-7-33-8-6-29/h15-19,32H,5-14H2,1-4H3,(H,27,30)/t16?,17?,18?,19-,26-. The molecule has 5 fully saturated rings. The number of thioether (sulfide) groups is 1. The van der Waals surface area contributed by atoms with E-state index in [1.165, 1.54) is 11.8 Å². The fourth-order valence-corrected chi connectivity index (χ4v) is 7.69. The maximum absolute atomic E-state index is 13.4. The van der Waals surface area contributed by atoms with Crippen LogP contribution in [0.5, 0.6) is 5.88 Å². The van der Waals surface area contributed by atoms with Crippen LogP contribution in [-0.4, -0.2) is 76.8 Å². The van der Waals surface area contributed by atoms with Crippen LogP contribution in [0.4, 0.5) is 0 Å². The normalized spacial score (nSPS) is 31.7. The molecule has 1 aromatic heterocycles. The molecule has 0 spiro atoms. The summed E-state index contributed by atoms with van der Waals surface area (Å²) in [5.74, 6) is 1.31. The van der Waals surface area contributed by atoms with E-state index in [0.29, 0.717) is 49.0 Å². The summed E-state index contributed by atoms with van der Waals surface area (Å²) in [4.78, 5) is 28.8. The molecule has 6 rings (SSSR count). The summed E-state index contributed by atoms with van der Waals surface area (Å²) in [6.07, 6.45) is 4.55. The largest absolute Gasteiger partial charge is 0.474 e. The molecule has 2 unspecified atom stereocenters. The number of aromatic nitrogens is 1. The zero-order chi connectivity index (χ0) is 25.7. The van der Waals surface area contributed by atoms with Gasteiger partial charge < -0.3 is 29.3 Å². The number of nitrogens with one attached hydrogen (secondary N) is 1. The van der Waals surface area contributed by atoms with E-state index in [4.69, 9.17) is 14.0 Å². The lowest BCUT2D eigenvalue weighted by Gasteiger charge is -2.58. The molecule has 36 heavy (non-hydrogen) atoms. The van der Waals surface area contributed by atoms with E-state index < -0.39 is 11.0 Å². The van der Waals surface area contributed by atoms with Gasteiger partial charge in [-0.1, -0.05) is 13.8 Å². The summed E-state index contributed by atoms with van der Waals surface area (Å²) >= 11 is 1.47. The molecule has 1 aromatic rings. The predicted octanol–water partition coefficient (Wildman–Crippen LogP) is 3.11. The molecule has 10 heteroatoms. The number of carbonyl (C=O) groups is 2. The van der Waals surface area contributed by atoms with Crippen molar-refractivity contribution >= 4 is 23.6 Å². The van der Waals surface area contributed by atoms with E-state index in [0.717, 1.165) is 32.1 Å². The van der Waals surface area contributed by atoms with Gasteiger partial charge >= 0.3 is 0 Å². The van der Waals surface area contributed by atoms with Crippen molar-refractivity contribution in [3.8, 4) is 5.88 Å². The van der Waals surface area contributed by atoms with Crippen molar-refractivity contribution in [3.63, 3.8) is 0 Å². The number of ether oxygens (including phenoxy) is 2. The molecule has 0 aromatic carbocycles. The number of amides is 2. The van der Waals surface area contributed by atoms with Crippen LogP contribution in [-0.2, 0) is 9.53 Å². The van der Waals surface area contributed by atoms with Gasteiger partial charge in [-0.25, -0.2) is 0 Å². The molecule has 9 nitrogen and oxygen atoms in total. The molecule has 4 aliphatic carbocycles. The van der Waals surface area contributed by atoms with Gasteiger partial charge in [-0.15, -0.1) is 11.8 Å². The Bertz CT molecular complexity index is 972. The predicted molar refractivity (Wildman–Crippen MR) is 134 cm³/mol. The average molecular weight is 522 g/mol. The number of hydrogen-bond acceptors (Lipinski definition) is 8. The lowest BCUT2D eigenvalue weighted by Crippen LogP contribution is -2.61. The lowest BCUT2D eigenvalue weighted by atomic mass is 9.52. The Kier molecular flexibility index (Phi) is 7.06. The molecule has 1 aliphatic heterocycles. The first-order valence-corrected chi connectivity index (χ1v) is 14.1. The first kappa shape index (κ1) is 25.9. The third-order valence-electron chi connectivity index (χ3n) is 8.17. The molecule has 200 valence electrons. The topological polar surface area (TPSA) is 114 Å². The molecule has 4 saturated carbocycles. The monoisotopic (exact) mass is 521 g/mol. The maximum atomic E-state index is 13.4. The lowest BCUT2D eigenvalue weighted by molar-refractivity contribution is -0.146. The highest BCUT2D eigenvalue weighted by Gasteiger charge is 2.55. The zero-order valence-corrected chi connectivity index (χ0v) is 22.6. The van der Waals surface area contributed by atoms with Gasteiger partial charge in [0.2, 0.25) is 11.7 Å². The van der Waals surface area contributed by atoms with Gasteiger partial charge in [0, 0.05) is 24.4 Å². The van der Waals surface area contributed by atoms with E-state index in [1.807, 2.05) is 27.7 Å². The van der Waals surface area contributed by atoms with Crippen molar-refractivity contribution < 1.29 is 28.7 Å². The number of hydrogen-bond donors (Lipinski definition) is 2. The molecule has 2 amide bonds. The molecule has 1 saturated heterocycles. The Morgan fingerprint density at radius 3 is 2.50 bits per heavy atom. The Balaban J connectivity index is 1.27. The molecular weight excluding hydrogens is 482 g/mol. The molecule has 4 bridgehead atoms. The van der Waals surface area contributed by atoms with Crippen LogP contribution < -0.4 is 10.1 Å². The van der Waals surface area contributed by atoms with Crippen molar-refractivity contribution in [3.05, 3.63) is 5.76 Å². The fraction of sp³-hybridized carbons (Fsp3) is 0.808. The van der Waals surface area contributed by atoms with Crippen LogP contribution in [0.1, 0.15) is 70.4 Å². The van der Waals surface area contributed by atoms with Gasteiger partial charge in [0.15, 0.2) is 0 Å². The first-order valence-electron chi connectivity index (χ1n) is 13.2. The second-order valence-electron chi connectivity index (χ2n) is 12.1. The second kappa shape index (κ2) is 9.83. The summed E-state index contributed by atoms with van der Waals surface area (Å²) in [5.41, 5.74) is -1.31. The highest BCUT2D eigenvalue weighted by atomic mass is 32.2. The molecule has 2 N–H and O–H groups in total. The molecule has 2 atom stereocenters. The van der Waals surface area contributed by atoms with Crippen molar-refractivity contribution in [2.24, 2.45) is 23.2 Å². The minimum absolute atomic E-state index is 0.00821. The number of carbonyl (C=O) groups excluding carboxylic acids is 2. The van der Waals surface area contributed by atoms with Gasteiger partial charge in [-0.2, -0.15) is 0 Å². The minimum Gasteiger partial charge on any atom is -0.474 e. The number of morpholine rings is 1. The first-order chi connectivity index (χ1) is 17.0. The average Bonchev–Trinajstić information content (AvgIpc) is 3.21. The van der Waals surface area contributed by atoms with Crippen LogP contribution >= 0.6 is 11.8 Å². The van der Waals surface area contributed by atoms with Gasteiger partial charge in [0.05, 0.1) is 24.2 Å². The van der Waals surface area contributed by atoms with Crippen molar-refractivity contribution in [1.29, 1.82) is 0 Å². The minimum atomic E-state index is -0.765. The molecular formula is C26H39N3O6S. The number of nitrogens with zero attached hydrogens (tertiary/aromatic N) is 2. The summed E-state index contributed by atoms with van der Waals surface area (Å²) in [7, 11) is 0. The van der Waals surface area contributed by atoms with Gasteiger partial charge in [-0.05, 0) is 68.9 Å². The summed E-state index contributed by atoms with van der Waals surface area (Å²) in [6.45, 7) is 10.1. The summed E-state index contributed by atoms with van der Waals surface area (Å²) in [5, 5.41) is 18.4. The quantitative estimate of drug-likeness (QED) is 0.502. The Morgan fingerprint density at radius 1 is 1.22 bits per heavy atom. The smallest absolute Gasteiger partial charge is 0.291 e. The molecule has 5 aliphatic rings. The molecule has 0 radical (unpaired) electrons. The fourth-order valence-electron chi connectivity index (χ4n) is 6.78. The van der Waals surface area contributed by atoms with Gasteiger partial charge in [0.1, 0.15) is 11.5 Å². The van der Waals surface area contributed by atoms with Gasteiger partial charge in [0.25, 0.3) is 11.8 Å². The van der Waals surface area contributed by atoms with Crippen molar-refractivity contribution in [1.82, 2.24) is 15.4 Å². The summed E-state index contributed by atoms with van der Waals surface area (Å²) in [6, 6.07) is 0.0470. The van der Waals surface area contributed by atoms with E-state index >= 15 is 0 Å². The molecule has 2 heterocycles. The number of aliphatic hydroxyl groups is 1. The Labute approximate surface area is 217 Å². The van der Waals surface area contributed by atoms with Crippen LogP contribution in [0.25, 0.3) is 0 Å². The Morgan fingerprint density at radius 2 is 1.89 bits per heavy atom. The van der Waals surface area contributed by atoms with E-state index in [-0.39, 0.29) is 41.4 Å². The second-order valence-corrected chi connectivity index (χ2v) is 13.7. The van der Waals surface area contributed by atoms with E-state index in [9.17, 15) is 14.7 Å². The maximum Gasteiger partial charge on any atom is 0.291 e. The van der Waals surface area contributed by atoms with Crippen molar-refractivity contribution in [2.75, 3.05) is 32.9 Å². The number of rotatable bonds is 8. The highest BCUT2D eigenvalue weighted by Crippen LogP contribution is 2.55. The van der Waals surface area contributed by atoms with Gasteiger partial charge in [-0.3, -0.25) is 9.59 Å². The van der Waals surface area contributed by atoms with Crippen LogP contribution in [0.15, 0.2) is 9.42 Å². The van der Waals surface area contributed by atoms with E-state index in [2.05, 4.69) is 10.5 Å². The zero-order valence-electron chi connectivity index (χ0n) is 21.7. The van der Waals surface area contributed by atoms with Crippen LogP contribution in [0.3, 0.4) is 0 Å². The van der Waals surface area contributed by atoms with Crippen LogP contribution in [0.2, 0.25) is 0 Å². The summed E-state index contributed by atoms with van der Waals surface area (Å²) < 4.78 is 16.9. The Hall–Kier alpha value is -1.78. The van der Waals surface area contributed by atoms with E-state index in [1.54, 1.807) is 4.90 Å². The SMILES string of the molecule is CC(C)Sc1c(OCC(C)(C)C(=O)N2CCOCC2)noc1C(=O)N[C@H]1C2CC3CC1C[C@](O)(C3)C2. The van der Waals surface area contributed by atoms with Crippen LogP contribution in [0, 0.1) is 23.2 Å².